The van der Waals surface area contributed by atoms with E-state index in [9.17, 15) is 0 Å². The predicted molar refractivity (Wildman–Crippen MR) is 171 cm³/mol. The highest BCUT2D eigenvalue weighted by atomic mass is 79.9. The molecule has 184 valence electrons. The van der Waals surface area contributed by atoms with Crippen molar-refractivity contribution in [1.29, 1.82) is 0 Å². The third kappa shape index (κ3) is 4.56. The molecule has 39 heavy (non-hydrogen) atoms. The van der Waals surface area contributed by atoms with E-state index in [1.54, 1.807) is 0 Å². The lowest BCUT2D eigenvalue weighted by molar-refractivity contribution is 1.59. The lowest BCUT2D eigenvalue weighted by atomic mass is 9.89. The minimum absolute atomic E-state index is 1.08. The Hall–Kier alpha value is -4.46. The summed E-state index contributed by atoms with van der Waals surface area (Å²) in [4.78, 5) is 0. The molecular formula is C38H25Br. The van der Waals surface area contributed by atoms with Crippen molar-refractivity contribution in [2.45, 2.75) is 0 Å². The number of halogens is 1. The van der Waals surface area contributed by atoms with E-state index in [1.807, 2.05) is 0 Å². The second-order valence-electron chi connectivity index (χ2n) is 9.94. The van der Waals surface area contributed by atoms with E-state index in [4.69, 9.17) is 0 Å². The molecule has 0 aliphatic heterocycles. The Balaban J connectivity index is 1.40. The molecular weight excluding hydrogens is 536 g/mol. The highest BCUT2D eigenvalue weighted by Gasteiger charge is 2.14. The maximum Gasteiger partial charge on any atom is 0.0188 e. The average molecular weight is 562 g/mol. The van der Waals surface area contributed by atoms with Crippen LogP contribution >= 0.6 is 15.9 Å². The maximum atomic E-state index is 3.80. The fourth-order valence-electron chi connectivity index (χ4n) is 5.53. The zero-order valence-electron chi connectivity index (χ0n) is 21.3. The van der Waals surface area contributed by atoms with Crippen LogP contribution < -0.4 is 0 Å². The largest absolute Gasteiger partial charge is 0.0622 e. The van der Waals surface area contributed by atoms with Gasteiger partial charge in [0.25, 0.3) is 0 Å². The predicted octanol–water partition coefficient (Wildman–Crippen LogP) is 11.4. The van der Waals surface area contributed by atoms with Gasteiger partial charge in [0, 0.05) is 4.47 Å². The molecule has 0 fully saturated rings. The zero-order valence-corrected chi connectivity index (χ0v) is 22.9. The van der Waals surface area contributed by atoms with Crippen molar-refractivity contribution in [1.82, 2.24) is 0 Å². The van der Waals surface area contributed by atoms with Crippen molar-refractivity contribution in [2.24, 2.45) is 0 Å². The topological polar surface area (TPSA) is 0 Å². The minimum atomic E-state index is 1.08. The summed E-state index contributed by atoms with van der Waals surface area (Å²) >= 11 is 3.80. The fourth-order valence-corrected chi connectivity index (χ4v) is 5.99. The molecule has 7 rings (SSSR count). The summed E-state index contributed by atoms with van der Waals surface area (Å²) in [6.45, 7) is 0. The zero-order chi connectivity index (χ0) is 26.2. The first-order chi connectivity index (χ1) is 19.2. The van der Waals surface area contributed by atoms with Gasteiger partial charge in [0.15, 0.2) is 0 Å². The number of hydrogen-bond acceptors (Lipinski definition) is 0. The van der Waals surface area contributed by atoms with Gasteiger partial charge in [0.1, 0.15) is 0 Å². The Kier molecular flexibility index (Phi) is 6.07. The number of hydrogen-bond donors (Lipinski definition) is 0. The van der Waals surface area contributed by atoms with Gasteiger partial charge in [-0.25, -0.2) is 0 Å². The first kappa shape index (κ1) is 23.6. The molecule has 0 spiro atoms. The highest BCUT2D eigenvalue weighted by Crippen LogP contribution is 2.41. The van der Waals surface area contributed by atoms with Crippen LogP contribution in [0.15, 0.2) is 156 Å². The van der Waals surface area contributed by atoms with Gasteiger partial charge in [-0.2, -0.15) is 0 Å². The van der Waals surface area contributed by atoms with Crippen LogP contribution in [0.5, 0.6) is 0 Å². The van der Waals surface area contributed by atoms with Crippen molar-refractivity contribution >= 4 is 37.5 Å². The first-order valence-electron chi connectivity index (χ1n) is 13.2. The summed E-state index contributed by atoms with van der Waals surface area (Å²) in [7, 11) is 0. The van der Waals surface area contributed by atoms with Crippen LogP contribution in [0.2, 0.25) is 0 Å². The molecule has 0 heterocycles. The second kappa shape index (κ2) is 10.0. The highest BCUT2D eigenvalue weighted by molar-refractivity contribution is 9.10. The Bertz CT molecular complexity index is 1940. The summed E-state index contributed by atoms with van der Waals surface area (Å²) < 4.78 is 1.08. The summed E-state index contributed by atoms with van der Waals surface area (Å²) in [6, 6.07) is 54.7. The second-order valence-corrected chi connectivity index (χ2v) is 10.9. The van der Waals surface area contributed by atoms with Crippen molar-refractivity contribution in [3.8, 4) is 44.5 Å². The van der Waals surface area contributed by atoms with Crippen molar-refractivity contribution in [3.05, 3.63) is 156 Å². The molecule has 7 aromatic carbocycles. The van der Waals surface area contributed by atoms with E-state index in [2.05, 4.69) is 168 Å². The number of rotatable bonds is 4. The Morgan fingerprint density at radius 1 is 0.308 bits per heavy atom. The van der Waals surface area contributed by atoms with Gasteiger partial charge in [-0.05, 0) is 96.4 Å². The average Bonchev–Trinajstić information content (AvgIpc) is 3.01. The summed E-state index contributed by atoms with van der Waals surface area (Å²) in [5, 5.41) is 5.02. The Morgan fingerprint density at radius 2 is 0.821 bits per heavy atom. The van der Waals surface area contributed by atoms with E-state index in [0.29, 0.717) is 0 Å². The molecule has 0 amide bonds. The van der Waals surface area contributed by atoms with Crippen LogP contribution in [-0.2, 0) is 0 Å². The summed E-state index contributed by atoms with van der Waals surface area (Å²) in [5.74, 6) is 0. The molecule has 1 heteroatoms. The molecule has 0 aromatic heterocycles. The third-order valence-corrected chi connectivity index (χ3v) is 7.96. The van der Waals surface area contributed by atoms with Crippen LogP contribution in [0.3, 0.4) is 0 Å². The monoisotopic (exact) mass is 560 g/mol. The molecule has 0 aliphatic carbocycles. The number of benzene rings is 7. The summed E-state index contributed by atoms with van der Waals surface area (Å²) in [6.07, 6.45) is 0. The maximum absolute atomic E-state index is 3.80. The van der Waals surface area contributed by atoms with Crippen LogP contribution in [0.1, 0.15) is 0 Å². The molecule has 0 aliphatic rings. The van der Waals surface area contributed by atoms with Gasteiger partial charge >= 0.3 is 0 Å². The summed E-state index contributed by atoms with van der Waals surface area (Å²) in [5.41, 5.74) is 9.78. The van der Waals surface area contributed by atoms with Crippen molar-refractivity contribution < 1.29 is 0 Å². The minimum Gasteiger partial charge on any atom is -0.0622 e. The van der Waals surface area contributed by atoms with Crippen LogP contribution in [0.4, 0.5) is 0 Å². The fraction of sp³-hybridized carbons (Fsp3) is 0. The van der Waals surface area contributed by atoms with E-state index < -0.39 is 0 Å². The van der Waals surface area contributed by atoms with Gasteiger partial charge < -0.3 is 0 Å². The van der Waals surface area contributed by atoms with Crippen molar-refractivity contribution in [2.75, 3.05) is 0 Å². The molecule has 0 unspecified atom stereocenters. The molecule has 0 N–H and O–H groups in total. The quantitative estimate of drug-likeness (QED) is 0.201. The molecule has 7 aromatic rings. The third-order valence-electron chi connectivity index (χ3n) is 7.51. The lowest BCUT2D eigenvalue weighted by Crippen LogP contribution is -1.89. The Labute approximate surface area is 237 Å². The normalized spacial score (nSPS) is 11.2. The molecule has 0 radical (unpaired) electrons. The van der Waals surface area contributed by atoms with Crippen LogP contribution in [-0.4, -0.2) is 0 Å². The van der Waals surface area contributed by atoms with Gasteiger partial charge in [0.2, 0.25) is 0 Å². The molecule has 0 saturated heterocycles. The molecule has 0 atom stereocenters. The molecule has 0 bridgehead atoms. The van der Waals surface area contributed by atoms with Gasteiger partial charge in [-0.1, -0.05) is 137 Å². The standard InChI is InChI=1S/C38H25Br/c39-34-24-36(30-12-5-2-6-13-30)37-23-33(22-35(38(37)25-34)29-10-3-1-4-11-29)28-17-15-27(16-18-28)32-20-19-26-9-7-8-14-31(26)21-32/h1-25H. The Morgan fingerprint density at radius 3 is 1.49 bits per heavy atom. The lowest BCUT2D eigenvalue weighted by Gasteiger charge is -2.16. The van der Waals surface area contributed by atoms with Gasteiger partial charge in [0.05, 0.1) is 0 Å². The van der Waals surface area contributed by atoms with Crippen molar-refractivity contribution in [3.63, 3.8) is 0 Å². The molecule has 0 saturated carbocycles. The van der Waals surface area contributed by atoms with E-state index >= 15 is 0 Å². The van der Waals surface area contributed by atoms with E-state index in [1.165, 1.54) is 66.1 Å². The van der Waals surface area contributed by atoms with Gasteiger partial charge in [-0.15, -0.1) is 0 Å². The van der Waals surface area contributed by atoms with Crippen LogP contribution in [0, 0.1) is 0 Å². The van der Waals surface area contributed by atoms with Gasteiger partial charge in [-0.3, -0.25) is 0 Å². The first-order valence-corrected chi connectivity index (χ1v) is 14.0. The van der Waals surface area contributed by atoms with E-state index in [-0.39, 0.29) is 0 Å². The smallest absolute Gasteiger partial charge is 0.0188 e. The van der Waals surface area contributed by atoms with Crippen LogP contribution in [0.25, 0.3) is 66.1 Å². The SMILES string of the molecule is Brc1cc(-c2ccccc2)c2cc(-c3ccc(-c4ccc5ccccc5c4)cc3)cc(-c3ccccc3)c2c1. The number of fused-ring (bicyclic) bond motifs is 2. The molecule has 0 nitrogen and oxygen atoms in total. The van der Waals surface area contributed by atoms with E-state index in [0.717, 1.165) is 4.47 Å².